The van der Waals surface area contributed by atoms with Crippen LogP contribution >= 0.6 is 11.6 Å². The van der Waals surface area contributed by atoms with E-state index in [0.29, 0.717) is 16.8 Å². The van der Waals surface area contributed by atoms with E-state index in [1.807, 2.05) is 30.8 Å². The van der Waals surface area contributed by atoms with Crippen LogP contribution in [0, 0.1) is 0 Å². The van der Waals surface area contributed by atoms with Crippen LogP contribution in [0.25, 0.3) is 0 Å². The highest BCUT2D eigenvalue weighted by molar-refractivity contribution is 6.31. The molecule has 0 aliphatic heterocycles. The minimum absolute atomic E-state index is 0.265. The van der Waals surface area contributed by atoms with Crippen molar-refractivity contribution in [1.82, 2.24) is 9.78 Å². The summed E-state index contributed by atoms with van der Waals surface area (Å²) in [6.07, 6.45) is 1.89. The normalized spacial score (nSPS) is 10.8. The van der Waals surface area contributed by atoms with E-state index in [-0.39, 0.29) is 12.2 Å². The smallest absolute Gasteiger partial charge is 0.252 e. The number of nitrogens with two attached hydrogens (primary N) is 1. The number of nitrogens with zero attached hydrogens (tertiary/aromatic N) is 2. The third-order valence-electron chi connectivity index (χ3n) is 2.78. The number of ether oxygens (including phenoxy) is 1. The molecule has 0 saturated heterocycles. The van der Waals surface area contributed by atoms with Gasteiger partial charge in [0.15, 0.2) is 0 Å². The maximum absolute atomic E-state index is 11.3. The molecule has 0 radical (unpaired) electrons. The van der Waals surface area contributed by atoms with Crippen molar-refractivity contribution in [3.05, 3.63) is 46.7 Å². The first-order valence-corrected chi connectivity index (χ1v) is 6.61. The third kappa shape index (κ3) is 3.30. The van der Waals surface area contributed by atoms with E-state index in [9.17, 15) is 4.79 Å². The number of carbonyl (C=O) groups excluding carboxylic acids is 1. The fourth-order valence-corrected chi connectivity index (χ4v) is 1.89. The van der Waals surface area contributed by atoms with Crippen LogP contribution in [-0.2, 0) is 6.61 Å². The van der Waals surface area contributed by atoms with Crippen molar-refractivity contribution < 1.29 is 9.53 Å². The van der Waals surface area contributed by atoms with Crippen LogP contribution in [0.2, 0.25) is 5.02 Å². The van der Waals surface area contributed by atoms with E-state index in [2.05, 4.69) is 5.10 Å². The van der Waals surface area contributed by atoms with E-state index in [1.54, 1.807) is 12.1 Å². The van der Waals surface area contributed by atoms with Gasteiger partial charge in [0.05, 0.1) is 11.3 Å². The van der Waals surface area contributed by atoms with Crippen molar-refractivity contribution in [2.24, 2.45) is 5.73 Å². The Labute approximate surface area is 122 Å². The molecule has 0 fully saturated rings. The van der Waals surface area contributed by atoms with Gasteiger partial charge in [0, 0.05) is 17.3 Å². The molecule has 1 aromatic carbocycles. The lowest BCUT2D eigenvalue weighted by Gasteiger charge is -2.09. The van der Waals surface area contributed by atoms with Gasteiger partial charge in [-0.15, -0.1) is 0 Å². The van der Waals surface area contributed by atoms with Crippen molar-refractivity contribution in [2.75, 3.05) is 0 Å². The number of carbonyl (C=O) groups is 1. The molecule has 1 amide bonds. The number of benzene rings is 1. The Morgan fingerprint density at radius 1 is 1.45 bits per heavy atom. The number of rotatable bonds is 5. The van der Waals surface area contributed by atoms with Crippen molar-refractivity contribution in [3.8, 4) is 5.75 Å². The lowest BCUT2D eigenvalue weighted by molar-refractivity contribution is 0.0996. The summed E-state index contributed by atoms with van der Waals surface area (Å²) in [6, 6.07) is 6.93. The second kappa shape index (κ2) is 5.96. The van der Waals surface area contributed by atoms with Crippen molar-refractivity contribution in [2.45, 2.75) is 26.5 Å². The predicted octanol–water partition coefficient (Wildman–Crippen LogP) is 2.80. The van der Waals surface area contributed by atoms with Gasteiger partial charge in [0.1, 0.15) is 12.4 Å². The molecule has 0 unspecified atom stereocenters. The van der Waals surface area contributed by atoms with Gasteiger partial charge >= 0.3 is 0 Å². The lowest BCUT2D eigenvalue weighted by atomic mass is 10.2. The SMILES string of the molecule is CC(C)n1ccc(COc2ccc(Cl)cc2C(N)=O)n1. The average Bonchev–Trinajstić information content (AvgIpc) is 2.86. The molecule has 2 rings (SSSR count). The highest BCUT2D eigenvalue weighted by Gasteiger charge is 2.11. The summed E-state index contributed by atoms with van der Waals surface area (Å²) in [5.41, 5.74) is 6.35. The molecule has 0 aliphatic rings. The summed E-state index contributed by atoms with van der Waals surface area (Å²) in [5.74, 6) is -0.170. The van der Waals surface area contributed by atoms with Crippen molar-refractivity contribution >= 4 is 17.5 Å². The van der Waals surface area contributed by atoms with Crippen LogP contribution in [0.15, 0.2) is 30.5 Å². The Morgan fingerprint density at radius 2 is 2.20 bits per heavy atom. The summed E-state index contributed by atoms with van der Waals surface area (Å²) in [4.78, 5) is 11.3. The molecule has 1 heterocycles. The number of hydrogen-bond acceptors (Lipinski definition) is 3. The number of hydrogen-bond donors (Lipinski definition) is 1. The number of aromatic nitrogens is 2. The minimum atomic E-state index is -0.574. The third-order valence-corrected chi connectivity index (χ3v) is 3.01. The molecule has 0 aliphatic carbocycles. The first kappa shape index (κ1) is 14.4. The van der Waals surface area contributed by atoms with Crippen LogP contribution in [0.3, 0.4) is 0 Å². The maximum Gasteiger partial charge on any atom is 0.252 e. The summed E-state index contributed by atoms with van der Waals surface area (Å²) in [7, 11) is 0. The monoisotopic (exact) mass is 293 g/mol. The Bertz CT molecular complexity index is 623. The Balaban J connectivity index is 2.12. The predicted molar refractivity (Wildman–Crippen MR) is 76.9 cm³/mol. The molecule has 106 valence electrons. The zero-order valence-electron chi connectivity index (χ0n) is 11.3. The molecule has 6 heteroatoms. The zero-order chi connectivity index (χ0) is 14.7. The van der Waals surface area contributed by atoms with E-state index < -0.39 is 5.91 Å². The summed E-state index contributed by atoms with van der Waals surface area (Å²) < 4.78 is 7.44. The standard InChI is InChI=1S/C14H16ClN3O2/c1-9(2)18-6-5-11(17-18)8-20-13-4-3-10(15)7-12(13)14(16)19/h3-7,9H,8H2,1-2H3,(H2,16,19). The molecule has 5 nitrogen and oxygen atoms in total. The van der Waals surface area contributed by atoms with Gasteiger partial charge in [0.25, 0.3) is 5.91 Å². The van der Waals surface area contributed by atoms with Crippen LogP contribution in [0.5, 0.6) is 5.75 Å². The molecule has 0 atom stereocenters. The molecular formula is C14H16ClN3O2. The maximum atomic E-state index is 11.3. The second-order valence-corrected chi connectivity index (χ2v) is 5.11. The Hall–Kier alpha value is -2.01. The number of amides is 1. The van der Waals surface area contributed by atoms with Crippen LogP contribution in [-0.4, -0.2) is 15.7 Å². The molecule has 0 saturated carbocycles. The highest BCUT2D eigenvalue weighted by atomic mass is 35.5. The van der Waals surface area contributed by atoms with Gasteiger partial charge in [-0.2, -0.15) is 5.10 Å². The zero-order valence-corrected chi connectivity index (χ0v) is 12.1. The van der Waals surface area contributed by atoms with Gasteiger partial charge in [-0.1, -0.05) is 11.6 Å². The molecule has 0 bridgehead atoms. The molecule has 2 aromatic rings. The first-order valence-electron chi connectivity index (χ1n) is 6.23. The first-order chi connectivity index (χ1) is 9.47. The van der Waals surface area contributed by atoms with Crippen LogP contribution in [0.1, 0.15) is 35.9 Å². The Morgan fingerprint density at radius 3 is 2.80 bits per heavy atom. The topological polar surface area (TPSA) is 70.1 Å². The average molecular weight is 294 g/mol. The van der Waals surface area contributed by atoms with Gasteiger partial charge in [0.2, 0.25) is 0 Å². The van der Waals surface area contributed by atoms with Gasteiger partial charge < -0.3 is 10.5 Å². The molecule has 20 heavy (non-hydrogen) atoms. The van der Waals surface area contributed by atoms with E-state index in [4.69, 9.17) is 22.1 Å². The second-order valence-electron chi connectivity index (χ2n) is 4.67. The molecular weight excluding hydrogens is 278 g/mol. The van der Waals surface area contributed by atoms with Crippen LogP contribution in [0.4, 0.5) is 0 Å². The summed E-state index contributed by atoms with van der Waals surface area (Å²) in [6.45, 7) is 4.35. The molecule has 1 aromatic heterocycles. The Kier molecular flexibility index (Phi) is 4.29. The minimum Gasteiger partial charge on any atom is -0.486 e. The number of primary amides is 1. The van der Waals surface area contributed by atoms with E-state index >= 15 is 0 Å². The van der Waals surface area contributed by atoms with Gasteiger partial charge in [-0.3, -0.25) is 9.48 Å². The fourth-order valence-electron chi connectivity index (χ4n) is 1.71. The summed E-state index contributed by atoms with van der Waals surface area (Å²) >= 11 is 5.84. The lowest BCUT2D eigenvalue weighted by Crippen LogP contribution is -2.13. The number of halogens is 1. The highest BCUT2D eigenvalue weighted by Crippen LogP contribution is 2.23. The molecule has 2 N–H and O–H groups in total. The van der Waals surface area contributed by atoms with Gasteiger partial charge in [-0.05, 0) is 38.1 Å². The fraction of sp³-hybridized carbons (Fsp3) is 0.286. The van der Waals surface area contributed by atoms with E-state index in [0.717, 1.165) is 5.69 Å². The van der Waals surface area contributed by atoms with Crippen molar-refractivity contribution in [1.29, 1.82) is 0 Å². The largest absolute Gasteiger partial charge is 0.486 e. The van der Waals surface area contributed by atoms with Crippen molar-refractivity contribution in [3.63, 3.8) is 0 Å². The molecule has 0 spiro atoms. The van der Waals surface area contributed by atoms with Crippen LogP contribution < -0.4 is 10.5 Å². The summed E-state index contributed by atoms with van der Waals surface area (Å²) in [5, 5.41) is 4.81. The van der Waals surface area contributed by atoms with E-state index in [1.165, 1.54) is 6.07 Å². The van der Waals surface area contributed by atoms with Gasteiger partial charge in [-0.25, -0.2) is 0 Å². The quantitative estimate of drug-likeness (QED) is 0.921.